The Labute approximate surface area is 100 Å². The molecule has 16 heavy (non-hydrogen) atoms. The lowest BCUT2D eigenvalue weighted by Gasteiger charge is -2.12. The molecule has 0 aliphatic rings. The van der Waals surface area contributed by atoms with E-state index in [0.29, 0.717) is 13.1 Å². The van der Waals surface area contributed by atoms with Gasteiger partial charge in [-0.2, -0.15) is 0 Å². The molecule has 0 bridgehead atoms. The normalized spacial score (nSPS) is 10.2. The van der Waals surface area contributed by atoms with Gasteiger partial charge in [0.1, 0.15) is 0 Å². The van der Waals surface area contributed by atoms with Crippen LogP contribution in [0.25, 0.3) is 0 Å². The first-order chi connectivity index (χ1) is 7.81. The van der Waals surface area contributed by atoms with E-state index in [1.165, 1.54) is 0 Å². The molecule has 1 aromatic rings. The van der Waals surface area contributed by atoms with Crippen LogP contribution in [0.4, 0.5) is 11.4 Å². The van der Waals surface area contributed by atoms with Crippen molar-refractivity contribution >= 4 is 23.1 Å². The Hall–Kier alpha value is -0.910. The van der Waals surface area contributed by atoms with E-state index < -0.39 is 0 Å². The molecular weight excluding hydrogens is 224 g/mol. The van der Waals surface area contributed by atoms with Gasteiger partial charge in [0, 0.05) is 29.4 Å². The van der Waals surface area contributed by atoms with Crippen molar-refractivity contribution in [3.63, 3.8) is 0 Å². The van der Waals surface area contributed by atoms with Crippen molar-refractivity contribution in [2.45, 2.75) is 4.90 Å². The fourth-order valence-corrected chi connectivity index (χ4v) is 1.94. The number of anilines is 2. The van der Waals surface area contributed by atoms with Gasteiger partial charge in [0.15, 0.2) is 0 Å². The third-order valence-electron chi connectivity index (χ3n) is 2.07. The molecule has 4 N–H and O–H groups in total. The number of aliphatic hydroxyl groups excluding tert-OH is 2. The molecule has 90 valence electrons. The molecule has 5 heteroatoms. The van der Waals surface area contributed by atoms with Gasteiger partial charge in [-0.15, -0.1) is 11.8 Å². The van der Waals surface area contributed by atoms with Gasteiger partial charge in [-0.05, 0) is 24.5 Å². The first kappa shape index (κ1) is 13.2. The van der Waals surface area contributed by atoms with E-state index in [9.17, 15) is 0 Å². The summed E-state index contributed by atoms with van der Waals surface area (Å²) in [6, 6.07) is 5.95. The molecule has 0 aromatic heterocycles. The molecule has 0 radical (unpaired) electrons. The summed E-state index contributed by atoms with van der Waals surface area (Å²) >= 11 is 1.65. The maximum atomic E-state index is 8.75. The van der Waals surface area contributed by atoms with Crippen molar-refractivity contribution in [2.24, 2.45) is 0 Å². The van der Waals surface area contributed by atoms with Gasteiger partial charge in [0.2, 0.25) is 0 Å². The fraction of sp³-hybridized carbons (Fsp3) is 0.455. The SMILES string of the molecule is CSc1cc(NCCO)ccc1NCCO. The summed E-state index contributed by atoms with van der Waals surface area (Å²) in [5.41, 5.74) is 2.02. The van der Waals surface area contributed by atoms with E-state index in [-0.39, 0.29) is 13.2 Å². The molecular formula is C11H18N2O2S. The first-order valence-electron chi connectivity index (χ1n) is 5.19. The zero-order valence-electron chi connectivity index (χ0n) is 9.36. The number of nitrogens with one attached hydrogen (secondary N) is 2. The van der Waals surface area contributed by atoms with E-state index in [4.69, 9.17) is 10.2 Å². The molecule has 0 unspecified atom stereocenters. The largest absolute Gasteiger partial charge is 0.395 e. The number of aliphatic hydroxyl groups is 2. The molecule has 0 saturated heterocycles. The molecule has 0 spiro atoms. The Morgan fingerprint density at radius 1 is 1.12 bits per heavy atom. The average molecular weight is 242 g/mol. The number of hydrogen-bond acceptors (Lipinski definition) is 5. The maximum absolute atomic E-state index is 8.75. The number of hydrogen-bond donors (Lipinski definition) is 4. The molecule has 0 aliphatic heterocycles. The zero-order valence-corrected chi connectivity index (χ0v) is 10.2. The summed E-state index contributed by atoms with van der Waals surface area (Å²) in [6.07, 6.45) is 2.01. The predicted molar refractivity (Wildman–Crippen MR) is 69.4 cm³/mol. The average Bonchev–Trinajstić information content (AvgIpc) is 2.34. The van der Waals surface area contributed by atoms with Crippen molar-refractivity contribution in [3.05, 3.63) is 18.2 Å². The third kappa shape index (κ3) is 3.92. The second kappa shape index (κ2) is 7.38. The van der Waals surface area contributed by atoms with Crippen LogP contribution in [0, 0.1) is 0 Å². The van der Waals surface area contributed by atoms with E-state index in [2.05, 4.69) is 10.6 Å². The summed E-state index contributed by atoms with van der Waals surface area (Å²) in [5.74, 6) is 0. The van der Waals surface area contributed by atoms with Crippen LogP contribution in [0.15, 0.2) is 23.1 Å². The first-order valence-corrected chi connectivity index (χ1v) is 6.41. The number of benzene rings is 1. The standard InChI is InChI=1S/C11H18N2O2S/c1-16-11-8-9(12-4-6-14)2-3-10(11)13-5-7-15/h2-3,8,12-15H,4-7H2,1H3. The second-order valence-electron chi connectivity index (χ2n) is 3.22. The second-order valence-corrected chi connectivity index (χ2v) is 4.06. The quantitative estimate of drug-likeness (QED) is 0.541. The van der Waals surface area contributed by atoms with Crippen LogP contribution in [0.3, 0.4) is 0 Å². The van der Waals surface area contributed by atoms with E-state index in [1.54, 1.807) is 11.8 Å². The molecule has 0 atom stereocenters. The van der Waals surface area contributed by atoms with Gasteiger partial charge in [0.25, 0.3) is 0 Å². The Balaban J connectivity index is 2.71. The highest BCUT2D eigenvalue weighted by Crippen LogP contribution is 2.28. The van der Waals surface area contributed by atoms with E-state index in [1.807, 2.05) is 24.5 Å². The molecule has 0 fully saturated rings. The Morgan fingerprint density at radius 2 is 1.81 bits per heavy atom. The topological polar surface area (TPSA) is 64.5 Å². The summed E-state index contributed by atoms with van der Waals surface area (Å²) < 4.78 is 0. The number of thioether (sulfide) groups is 1. The van der Waals surface area contributed by atoms with Gasteiger partial charge in [0.05, 0.1) is 13.2 Å². The minimum absolute atomic E-state index is 0.123. The molecule has 0 heterocycles. The minimum atomic E-state index is 0.123. The van der Waals surface area contributed by atoms with Crippen LogP contribution in [0.1, 0.15) is 0 Å². The third-order valence-corrected chi connectivity index (χ3v) is 2.85. The lowest BCUT2D eigenvalue weighted by Crippen LogP contribution is -2.08. The van der Waals surface area contributed by atoms with Gasteiger partial charge >= 0.3 is 0 Å². The Morgan fingerprint density at radius 3 is 2.44 bits per heavy atom. The fourth-order valence-electron chi connectivity index (χ4n) is 1.34. The van der Waals surface area contributed by atoms with Crippen molar-refractivity contribution in [1.82, 2.24) is 0 Å². The van der Waals surface area contributed by atoms with Gasteiger partial charge in [-0.3, -0.25) is 0 Å². The van der Waals surface area contributed by atoms with Crippen LogP contribution >= 0.6 is 11.8 Å². The van der Waals surface area contributed by atoms with Crippen LogP contribution < -0.4 is 10.6 Å². The van der Waals surface area contributed by atoms with Crippen molar-refractivity contribution < 1.29 is 10.2 Å². The van der Waals surface area contributed by atoms with Crippen LogP contribution in [-0.4, -0.2) is 42.8 Å². The maximum Gasteiger partial charge on any atom is 0.0604 e. The van der Waals surface area contributed by atoms with Crippen LogP contribution in [0.2, 0.25) is 0 Å². The van der Waals surface area contributed by atoms with Crippen molar-refractivity contribution in [1.29, 1.82) is 0 Å². The highest BCUT2D eigenvalue weighted by atomic mass is 32.2. The molecule has 1 aromatic carbocycles. The van der Waals surface area contributed by atoms with Crippen molar-refractivity contribution in [2.75, 3.05) is 43.2 Å². The Bertz CT molecular complexity index is 321. The predicted octanol–water partition coefficient (Wildman–Crippen LogP) is 1.22. The van der Waals surface area contributed by atoms with Gasteiger partial charge in [-0.1, -0.05) is 0 Å². The highest BCUT2D eigenvalue weighted by molar-refractivity contribution is 7.98. The van der Waals surface area contributed by atoms with Gasteiger partial charge < -0.3 is 20.8 Å². The van der Waals surface area contributed by atoms with E-state index in [0.717, 1.165) is 16.3 Å². The van der Waals surface area contributed by atoms with Crippen LogP contribution in [-0.2, 0) is 0 Å². The summed E-state index contributed by atoms with van der Waals surface area (Å²) in [6.45, 7) is 1.35. The lowest BCUT2D eigenvalue weighted by atomic mass is 10.2. The van der Waals surface area contributed by atoms with Crippen LogP contribution in [0.5, 0.6) is 0 Å². The number of rotatable bonds is 7. The van der Waals surface area contributed by atoms with Crippen molar-refractivity contribution in [3.8, 4) is 0 Å². The highest BCUT2D eigenvalue weighted by Gasteiger charge is 2.02. The van der Waals surface area contributed by atoms with E-state index >= 15 is 0 Å². The van der Waals surface area contributed by atoms with Gasteiger partial charge in [-0.25, -0.2) is 0 Å². The molecule has 0 amide bonds. The Kier molecular flexibility index (Phi) is 6.07. The molecule has 4 nitrogen and oxygen atoms in total. The molecule has 0 saturated carbocycles. The molecule has 1 rings (SSSR count). The summed E-state index contributed by atoms with van der Waals surface area (Å²) in [7, 11) is 0. The minimum Gasteiger partial charge on any atom is -0.395 e. The monoisotopic (exact) mass is 242 g/mol. The zero-order chi connectivity index (χ0) is 11.8. The summed E-state index contributed by atoms with van der Waals surface area (Å²) in [5, 5.41) is 23.7. The summed E-state index contributed by atoms with van der Waals surface area (Å²) in [4.78, 5) is 1.12. The molecule has 0 aliphatic carbocycles. The smallest absolute Gasteiger partial charge is 0.0604 e. The lowest BCUT2D eigenvalue weighted by molar-refractivity contribution is 0.310.